The summed E-state index contributed by atoms with van der Waals surface area (Å²) in [5.74, 6) is -0.644. The molecule has 30 heavy (non-hydrogen) atoms. The molecule has 1 aliphatic heterocycles. The molecule has 2 aromatic rings. The summed E-state index contributed by atoms with van der Waals surface area (Å²) in [4.78, 5) is 42.6. The summed E-state index contributed by atoms with van der Waals surface area (Å²) in [7, 11) is 0. The molecule has 1 fully saturated rings. The van der Waals surface area contributed by atoms with E-state index < -0.39 is 5.97 Å². The minimum Gasteiger partial charge on any atom is -0.459 e. The number of rotatable bonds is 5. The predicted octanol–water partition coefficient (Wildman–Crippen LogP) is 3.23. The monoisotopic (exact) mass is 411 g/mol. The first-order valence-corrected chi connectivity index (χ1v) is 10.3. The Balaban J connectivity index is 1.62. The molecule has 1 aromatic carbocycles. The number of esters is 1. The van der Waals surface area contributed by atoms with Gasteiger partial charge in [0.25, 0.3) is 11.8 Å². The third-order valence-electron chi connectivity index (χ3n) is 5.35. The Morgan fingerprint density at radius 3 is 2.33 bits per heavy atom. The maximum atomic E-state index is 13.0. The highest BCUT2D eigenvalue weighted by molar-refractivity contribution is 6.00. The lowest BCUT2D eigenvalue weighted by molar-refractivity contribution is 0.0376. The molecule has 7 heteroatoms. The largest absolute Gasteiger partial charge is 0.459 e. The highest BCUT2D eigenvalue weighted by Crippen LogP contribution is 2.22. The van der Waals surface area contributed by atoms with E-state index in [1.54, 1.807) is 44.7 Å². The maximum Gasteiger partial charge on any atom is 0.340 e. The van der Waals surface area contributed by atoms with Crippen molar-refractivity contribution in [2.45, 2.75) is 52.7 Å². The van der Waals surface area contributed by atoms with Crippen molar-refractivity contribution in [3.8, 4) is 0 Å². The van der Waals surface area contributed by atoms with Gasteiger partial charge < -0.3 is 19.9 Å². The van der Waals surface area contributed by atoms with Crippen LogP contribution in [-0.2, 0) is 4.74 Å². The number of likely N-dealkylation sites (tertiary alicyclic amines) is 1. The van der Waals surface area contributed by atoms with Gasteiger partial charge in [0.2, 0.25) is 0 Å². The molecule has 2 N–H and O–H groups in total. The molecule has 7 nitrogen and oxygen atoms in total. The van der Waals surface area contributed by atoms with Crippen molar-refractivity contribution in [1.29, 1.82) is 0 Å². The molecule has 0 unspecified atom stereocenters. The SMILES string of the molecule is Cc1[nH]c(C(=O)N2CCC(NC(=O)c3ccccc3)CC2)c(C)c1C(=O)OC(C)C. The van der Waals surface area contributed by atoms with Gasteiger partial charge in [0.05, 0.1) is 11.7 Å². The van der Waals surface area contributed by atoms with Gasteiger partial charge >= 0.3 is 5.97 Å². The topological polar surface area (TPSA) is 91.5 Å². The van der Waals surface area contributed by atoms with Crippen LogP contribution >= 0.6 is 0 Å². The van der Waals surface area contributed by atoms with Crippen LogP contribution in [0.1, 0.15) is 69.2 Å². The number of ether oxygens (including phenoxy) is 1. The minimum atomic E-state index is -0.419. The Morgan fingerprint density at radius 1 is 1.10 bits per heavy atom. The molecule has 1 aliphatic rings. The number of hydrogen-bond donors (Lipinski definition) is 2. The molecule has 0 radical (unpaired) electrons. The summed E-state index contributed by atoms with van der Waals surface area (Å²) >= 11 is 0. The van der Waals surface area contributed by atoms with E-state index in [4.69, 9.17) is 4.74 Å². The molecule has 1 saturated heterocycles. The number of amides is 2. The lowest BCUT2D eigenvalue weighted by atomic mass is 10.0. The molecule has 0 aliphatic carbocycles. The zero-order valence-electron chi connectivity index (χ0n) is 18.0. The lowest BCUT2D eigenvalue weighted by Crippen LogP contribution is -2.46. The van der Waals surface area contributed by atoms with E-state index in [2.05, 4.69) is 10.3 Å². The van der Waals surface area contributed by atoms with Crippen LogP contribution in [0.25, 0.3) is 0 Å². The van der Waals surface area contributed by atoms with Gasteiger partial charge in [-0.25, -0.2) is 4.79 Å². The van der Waals surface area contributed by atoms with Crippen LogP contribution in [-0.4, -0.2) is 52.9 Å². The van der Waals surface area contributed by atoms with Crippen LogP contribution in [0.15, 0.2) is 30.3 Å². The van der Waals surface area contributed by atoms with Gasteiger partial charge in [0.1, 0.15) is 5.69 Å². The summed E-state index contributed by atoms with van der Waals surface area (Å²) in [6.45, 7) is 8.21. The van der Waals surface area contributed by atoms with E-state index in [-0.39, 0.29) is 24.0 Å². The molecule has 0 spiro atoms. The number of H-pyrrole nitrogens is 1. The molecule has 0 atom stereocenters. The number of hydrogen-bond acceptors (Lipinski definition) is 4. The summed E-state index contributed by atoms with van der Waals surface area (Å²) in [5.41, 5.74) is 2.73. The zero-order valence-corrected chi connectivity index (χ0v) is 18.0. The fourth-order valence-corrected chi connectivity index (χ4v) is 3.79. The Bertz CT molecular complexity index is 925. The van der Waals surface area contributed by atoms with Crippen LogP contribution in [0.3, 0.4) is 0 Å². The average Bonchev–Trinajstić information content (AvgIpc) is 3.02. The first kappa shape index (κ1) is 21.6. The minimum absolute atomic E-state index is 0.0322. The van der Waals surface area contributed by atoms with Crippen molar-refractivity contribution >= 4 is 17.8 Å². The van der Waals surface area contributed by atoms with Crippen LogP contribution < -0.4 is 5.32 Å². The van der Waals surface area contributed by atoms with E-state index in [0.29, 0.717) is 54.0 Å². The Hall–Kier alpha value is -3.09. The molecule has 160 valence electrons. The van der Waals surface area contributed by atoms with Crippen molar-refractivity contribution in [2.75, 3.05) is 13.1 Å². The average molecular weight is 412 g/mol. The van der Waals surface area contributed by atoms with Crippen molar-refractivity contribution in [1.82, 2.24) is 15.2 Å². The number of nitrogens with one attached hydrogen (secondary N) is 2. The van der Waals surface area contributed by atoms with Crippen molar-refractivity contribution in [3.63, 3.8) is 0 Å². The number of aromatic amines is 1. The summed E-state index contributed by atoms with van der Waals surface area (Å²) < 4.78 is 5.30. The number of benzene rings is 1. The summed E-state index contributed by atoms with van der Waals surface area (Å²) in [5, 5.41) is 3.05. The van der Waals surface area contributed by atoms with E-state index in [1.165, 1.54) is 0 Å². The van der Waals surface area contributed by atoms with Gasteiger partial charge in [0, 0.05) is 30.4 Å². The van der Waals surface area contributed by atoms with Crippen LogP contribution in [0.2, 0.25) is 0 Å². The van der Waals surface area contributed by atoms with Crippen molar-refractivity contribution < 1.29 is 19.1 Å². The second kappa shape index (κ2) is 9.15. The number of carbonyl (C=O) groups excluding carboxylic acids is 3. The number of nitrogens with zero attached hydrogens (tertiary/aromatic N) is 1. The van der Waals surface area contributed by atoms with Crippen LogP contribution in [0, 0.1) is 13.8 Å². The molecule has 0 bridgehead atoms. The number of piperidine rings is 1. The summed E-state index contributed by atoms with van der Waals surface area (Å²) in [6.07, 6.45) is 1.15. The van der Waals surface area contributed by atoms with Gasteiger partial charge in [-0.1, -0.05) is 18.2 Å². The maximum absolute atomic E-state index is 13.0. The van der Waals surface area contributed by atoms with Crippen molar-refractivity contribution in [3.05, 3.63) is 58.4 Å². The van der Waals surface area contributed by atoms with E-state index in [9.17, 15) is 14.4 Å². The third-order valence-corrected chi connectivity index (χ3v) is 5.35. The van der Waals surface area contributed by atoms with Crippen LogP contribution in [0.5, 0.6) is 0 Å². The van der Waals surface area contributed by atoms with Gasteiger partial charge in [-0.3, -0.25) is 9.59 Å². The van der Waals surface area contributed by atoms with Crippen molar-refractivity contribution in [2.24, 2.45) is 0 Å². The molecule has 0 saturated carbocycles. The zero-order chi connectivity index (χ0) is 21.8. The van der Waals surface area contributed by atoms with Gasteiger partial charge in [-0.2, -0.15) is 0 Å². The lowest BCUT2D eigenvalue weighted by Gasteiger charge is -2.32. The molecule has 1 aromatic heterocycles. The molecule has 2 heterocycles. The van der Waals surface area contributed by atoms with Gasteiger partial charge in [0.15, 0.2) is 0 Å². The highest BCUT2D eigenvalue weighted by Gasteiger charge is 2.29. The number of aromatic nitrogens is 1. The normalized spacial score (nSPS) is 14.6. The Labute approximate surface area is 176 Å². The Morgan fingerprint density at radius 2 is 1.73 bits per heavy atom. The third kappa shape index (κ3) is 4.72. The summed E-state index contributed by atoms with van der Waals surface area (Å²) in [6, 6.07) is 9.15. The fraction of sp³-hybridized carbons (Fsp3) is 0.435. The predicted molar refractivity (Wildman–Crippen MR) is 114 cm³/mol. The first-order valence-electron chi connectivity index (χ1n) is 10.3. The highest BCUT2D eigenvalue weighted by atomic mass is 16.5. The quantitative estimate of drug-likeness (QED) is 0.739. The number of carbonyl (C=O) groups is 3. The first-order chi connectivity index (χ1) is 14.3. The van der Waals surface area contributed by atoms with E-state index in [1.807, 2.05) is 18.2 Å². The van der Waals surface area contributed by atoms with E-state index >= 15 is 0 Å². The molecular weight excluding hydrogens is 382 g/mol. The fourth-order valence-electron chi connectivity index (χ4n) is 3.79. The second-order valence-corrected chi connectivity index (χ2v) is 7.99. The van der Waals surface area contributed by atoms with Gasteiger partial charge in [-0.15, -0.1) is 0 Å². The van der Waals surface area contributed by atoms with E-state index in [0.717, 1.165) is 0 Å². The second-order valence-electron chi connectivity index (χ2n) is 7.99. The standard InChI is InChI=1S/C23H29N3O4/c1-14(2)30-23(29)19-15(3)20(24-16(19)4)22(28)26-12-10-18(11-13-26)25-21(27)17-8-6-5-7-9-17/h5-9,14,18,24H,10-13H2,1-4H3,(H,25,27). The molecular formula is C23H29N3O4. The van der Waals surface area contributed by atoms with Gasteiger partial charge in [-0.05, 0) is 58.2 Å². The number of aryl methyl sites for hydroxylation is 1. The molecule has 3 rings (SSSR count). The molecule has 2 amide bonds. The van der Waals surface area contributed by atoms with Crippen LogP contribution in [0.4, 0.5) is 0 Å². The Kier molecular flexibility index (Phi) is 6.59. The smallest absolute Gasteiger partial charge is 0.340 e.